The van der Waals surface area contributed by atoms with Gasteiger partial charge in [0.1, 0.15) is 23.0 Å². The van der Waals surface area contributed by atoms with Crippen LogP contribution in [0, 0.1) is 5.82 Å². The monoisotopic (exact) mass is 595 g/mol. The van der Waals surface area contributed by atoms with Crippen molar-refractivity contribution >= 4 is 48.9 Å². The van der Waals surface area contributed by atoms with Crippen molar-refractivity contribution in [1.82, 2.24) is 4.31 Å². The van der Waals surface area contributed by atoms with Gasteiger partial charge >= 0.3 is 0 Å². The zero-order chi connectivity index (χ0) is 28.2. The quantitative estimate of drug-likeness (QED) is 0.390. The Morgan fingerprint density at radius 2 is 1.69 bits per heavy atom. The number of carbonyl (C=O) groups is 1. The van der Waals surface area contributed by atoms with Crippen LogP contribution >= 0.6 is 11.6 Å². The molecule has 0 bridgehead atoms. The number of nitrogens with one attached hydrogen (secondary N) is 1. The Morgan fingerprint density at radius 3 is 2.33 bits per heavy atom. The van der Waals surface area contributed by atoms with Gasteiger partial charge in [-0.1, -0.05) is 36.2 Å². The summed E-state index contributed by atoms with van der Waals surface area (Å²) in [7, 11) is -6.81. The van der Waals surface area contributed by atoms with Crippen molar-refractivity contribution in [2.45, 2.75) is 29.1 Å². The van der Waals surface area contributed by atoms with E-state index in [1.807, 2.05) is 0 Å². The minimum absolute atomic E-state index is 0.0245. The number of hydrogen-bond donors (Lipinski definition) is 1. The lowest BCUT2D eigenvalue weighted by Crippen LogP contribution is -2.38. The standard InChI is InChI=1S/C26H27ClFN3O6S2/c1-37-24-13-10-19(16-25(24)39(35,36)30-14-6-3-7-15-30)29-26(32)18-31(20-11-12-23(28)22(27)17-20)38(33,34)21-8-4-2-5-9-21/h2,4-5,8-13,16-17H,3,6-7,14-15,18H2,1H3,(H,29,32). The molecule has 1 heterocycles. The van der Waals surface area contributed by atoms with Crippen LogP contribution in [0.15, 0.2) is 76.5 Å². The van der Waals surface area contributed by atoms with Gasteiger partial charge in [0.15, 0.2) is 0 Å². The first-order chi connectivity index (χ1) is 18.5. The van der Waals surface area contributed by atoms with Crippen molar-refractivity contribution in [2.24, 2.45) is 0 Å². The molecule has 0 aromatic heterocycles. The molecule has 1 aliphatic heterocycles. The van der Waals surface area contributed by atoms with E-state index in [2.05, 4.69) is 5.32 Å². The fourth-order valence-corrected chi connectivity index (χ4v) is 7.51. The van der Waals surface area contributed by atoms with Crippen LogP contribution in [0.4, 0.5) is 15.8 Å². The second kappa shape index (κ2) is 11.9. The topological polar surface area (TPSA) is 113 Å². The van der Waals surface area contributed by atoms with Crippen LogP contribution in [0.3, 0.4) is 0 Å². The summed E-state index contributed by atoms with van der Waals surface area (Å²) in [4.78, 5) is 12.9. The number of anilines is 2. The molecule has 3 aromatic rings. The summed E-state index contributed by atoms with van der Waals surface area (Å²) in [5, 5.41) is 2.25. The predicted octanol–water partition coefficient (Wildman–Crippen LogP) is 4.50. The maximum absolute atomic E-state index is 13.8. The third-order valence-corrected chi connectivity index (χ3v) is 10.2. The van der Waals surface area contributed by atoms with Gasteiger partial charge in [-0.15, -0.1) is 0 Å². The van der Waals surface area contributed by atoms with Gasteiger partial charge < -0.3 is 10.1 Å². The Morgan fingerprint density at radius 1 is 1.00 bits per heavy atom. The van der Waals surface area contributed by atoms with Crippen molar-refractivity contribution in [3.05, 3.63) is 77.6 Å². The molecule has 39 heavy (non-hydrogen) atoms. The number of rotatable bonds is 9. The smallest absolute Gasteiger partial charge is 0.264 e. The molecule has 1 aliphatic rings. The summed E-state index contributed by atoms with van der Waals surface area (Å²) >= 11 is 5.90. The fraction of sp³-hybridized carbons (Fsp3) is 0.269. The summed E-state index contributed by atoms with van der Waals surface area (Å²) < 4.78 is 74.8. The van der Waals surface area contributed by atoms with Gasteiger partial charge in [-0.05, 0) is 61.4 Å². The van der Waals surface area contributed by atoms with Gasteiger partial charge in [0.05, 0.1) is 22.7 Å². The third kappa shape index (κ3) is 6.35. The number of ether oxygens (including phenoxy) is 1. The summed E-state index contributed by atoms with van der Waals surface area (Å²) in [5.41, 5.74) is 0.106. The maximum Gasteiger partial charge on any atom is 0.264 e. The molecule has 1 saturated heterocycles. The first kappa shape index (κ1) is 28.8. The highest BCUT2D eigenvalue weighted by molar-refractivity contribution is 7.92. The van der Waals surface area contributed by atoms with Gasteiger partial charge in [0.25, 0.3) is 10.0 Å². The van der Waals surface area contributed by atoms with Crippen LogP contribution in [-0.2, 0) is 24.8 Å². The molecule has 0 atom stereocenters. The van der Waals surface area contributed by atoms with Gasteiger partial charge in [0.2, 0.25) is 15.9 Å². The molecule has 0 aliphatic carbocycles. The van der Waals surface area contributed by atoms with Crippen LogP contribution in [0.25, 0.3) is 0 Å². The van der Waals surface area contributed by atoms with E-state index < -0.39 is 38.3 Å². The van der Waals surface area contributed by atoms with E-state index >= 15 is 0 Å². The van der Waals surface area contributed by atoms with Crippen molar-refractivity contribution in [3.63, 3.8) is 0 Å². The Bertz CT molecular complexity index is 1560. The molecule has 1 fully saturated rings. The molecule has 0 radical (unpaired) electrons. The Kier molecular flexibility index (Phi) is 8.80. The number of hydrogen-bond acceptors (Lipinski definition) is 6. The van der Waals surface area contributed by atoms with E-state index in [1.54, 1.807) is 6.07 Å². The second-order valence-electron chi connectivity index (χ2n) is 8.80. The number of carbonyl (C=O) groups excluding carboxylic acids is 1. The molecule has 1 N–H and O–H groups in total. The molecule has 1 amide bonds. The molecule has 0 spiro atoms. The molecule has 4 rings (SSSR count). The van der Waals surface area contributed by atoms with Crippen molar-refractivity contribution in [3.8, 4) is 5.75 Å². The number of benzene rings is 3. The number of nitrogens with zero attached hydrogens (tertiary/aromatic N) is 2. The lowest BCUT2D eigenvalue weighted by molar-refractivity contribution is -0.114. The van der Waals surface area contributed by atoms with E-state index in [-0.39, 0.29) is 31.9 Å². The lowest BCUT2D eigenvalue weighted by atomic mass is 10.2. The molecule has 9 nitrogen and oxygen atoms in total. The number of halogens is 2. The third-order valence-electron chi connectivity index (χ3n) is 6.19. The van der Waals surface area contributed by atoms with E-state index in [9.17, 15) is 26.0 Å². The van der Waals surface area contributed by atoms with Crippen LogP contribution in [0.2, 0.25) is 5.02 Å². The molecule has 0 saturated carbocycles. The number of piperidine rings is 1. The zero-order valence-corrected chi connectivity index (χ0v) is 23.4. The number of amides is 1. The molecule has 3 aromatic carbocycles. The minimum atomic E-state index is -4.26. The second-order valence-corrected chi connectivity index (χ2v) is 13.0. The van der Waals surface area contributed by atoms with E-state index in [1.165, 1.54) is 59.9 Å². The van der Waals surface area contributed by atoms with E-state index in [0.717, 1.165) is 35.7 Å². The van der Waals surface area contributed by atoms with Gasteiger partial charge in [-0.2, -0.15) is 4.31 Å². The highest BCUT2D eigenvalue weighted by Crippen LogP contribution is 2.32. The molecular formula is C26H27ClFN3O6S2. The van der Waals surface area contributed by atoms with Gasteiger partial charge in [-0.25, -0.2) is 21.2 Å². The zero-order valence-electron chi connectivity index (χ0n) is 21.0. The highest BCUT2D eigenvalue weighted by atomic mass is 35.5. The van der Waals surface area contributed by atoms with E-state index in [4.69, 9.17) is 16.3 Å². The van der Waals surface area contributed by atoms with Crippen molar-refractivity contribution in [1.29, 1.82) is 0 Å². The number of methoxy groups -OCH3 is 1. The van der Waals surface area contributed by atoms with E-state index in [0.29, 0.717) is 13.1 Å². The van der Waals surface area contributed by atoms with Crippen LogP contribution in [0.5, 0.6) is 5.75 Å². The molecule has 208 valence electrons. The summed E-state index contributed by atoms with van der Waals surface area (Å²) in [6, 6.07) is 14.9. The summed E-state index contributed by atoms with van der Waals surface area (Å²) in [5.74, 6) is -1.39. The first-order valence-electron chi connectivity index (χ1n) is 12.0. The predicted molar refractivity (Wildman–Crippen MR) is 147 cm³/mol. The van der Waals surface area contributed by atoms with Crippen molar-refractivity contribution in [2.75, 3.05) is 36.4 Å². The summed E-state index contributed by atoms with van der Waals surface area (Å²) in [6.07, 6.45) is 2.44. The van der Waals surface area contributed by atoms with Gasteiger partial charge in [-0.3, -0.25) is 9.10 Å². The van der Waals surface area contributed by atoms with Crippen molar-refractivity contribution < 1.29 is 30.8 Å². The van der Waals surface area contributed by atoms with Crippen LogP contribution < -0.4 is 14.4 Å². The minimum Gasteiger partial charge on any atom is -0.495 e. The Labute approximate surface area is 232 Å². The first-order valence-corrected chi connectivity index (χ1v) is 15.3. The average molecular weight is 596 g/mol. The Balaban J connectivity index is 1.65. The highest BCUT2D eigenvalue weighted by Gasteiger charge is 2.30. The van der Waals surface area contributed by atoms with Crippen LogP contribution in [-0.4, -0.2) is 53.8 Å². The lowest BCUT2D eigenvalue weighted by Gasteiger charge is -2.27. The SMILES string of the molecule is COc1ccc(NC(=O)CN(c2ccc(F)c(Cl)c2)S(=O)(=O)c2ccccc2)cc1S(=O)(=O)N1CCCCC1. The summed E-state index contributed by atoms with van der Waals surface area (Å²) in [6.45, 7) is 0.0721. The molecule has 0 unspecified atom stereocenters. The maximum atomic E-state index is 13.8. The normalized spacial score (nSPS) is 14.5. The Hall–Kier alpha value is -3.19. The number of sulfonamides is 2. The van der Waals surface area contributed by atoms with Crippen LogP contribution in [0.1, 0.15) is 19.3 Å². The van der Waals surface area contributed by atoms with Gasteiger partial charge in [0, 0.05) is 18.8 Å². The molecular weight excluding hydrogens is 569 g/mol. The largest absolute Gasteiger partial charge is 0.495 e. The average Bonchev–Trinajstić information content (AvgIpc) is 2.94. The molecule has 13 heteroatoms. The fourth-order valence-electron chi connectivity index (χ4n) is 4.21.